The smallest absolute Gasteiger partial charge is 0.250 e. The number of aromatic nitrogens is 1. The highest BCUT2D eigenvalue weighted by Crippen LogP contribution is 2.33. The van der Waals surface area contributed by atoms with E-state index in [1.807, 2.05) is 0 Å². The van der Waals surface area contributed by atoms with Gasteiger partial charge < -0.3 is 0 Å². The maximum Gasteiger partial charge on any atom is 0.417 e. The van der Waals surface area contributed by atoms with Crippen molar-refractivity contribution < 1.29 is 17.4 Å². The molecule has 3 nitrogen and oxygen atoms in total. The number of hydrogen-bond donors (Lipinski definition) is 0. The number of rotatable bonds is 1. The van der Waals surface area contributed by atoms with Crippen LogP contribution in [0.1, 0.15) is 5.56 Å². The maximum atomic E-state index is 12.3. The minimum absolute atomic E-state index is 0.204. The summed E-state index contributed by atoms with van der Waals surface area (Å²) in [5, 5.41) is -0.204. The zero-order chi connectivity index (χ0) is 12.6. The number of halogens is 4. The summed E-state index contributed by atoms with van der Waals surface area (Å²) in [6, 6.07) is 0.724. The topological polar surface area (TPSA) is 42.3 Å². The molecule has 0 atom stereocenters. The summed E-state index contributed by atoms with van der Waals surface area (Å²) in [6.07, 6.45) is -1.33. The van der Waals surface area contributed by atoms with Crippen molar-refractivity contribution in [2.24, 2.45) is 4.36 Å². The van der Waals surface area contributed by atoms with Gasteiger partial charge in [-0.05, 0) is 6.07 Å². The Balaban J connectivity index is 3.37. The monoisotopic (exact) mass is 272 g/mol. The van der Waals surface area contributed by atoms with E-state index in [1.165, 1.54) is 12.5 Å². The van der Waals surface area contributed by atoms with E-state index in [-0.39, 0.29) is 10.8 Å². The first-order chi connectivity index (χ1) is 7.09. The summed E-state index contributed by atoms with van der Waals surface area (Å²) in [6.45, 7) is 0. The molecule has 0 aliphatic carbocycles. The van der Waals surface area contributed by atoms with Crippen molar-refractivity contribution in [2.45, 2.75) is 6.18 Å². The maximum absolute atomic E-state index is 12.3. The van der Waals surface area contributed by atoms with Gasteiger partial charge in [-0.3, -0.25) is 0 Å². The van der Waals surface area contributed by atoms with E-state index >= 15 is 0 Å². The van der Waals surface area contributed by atoms with Crippen molar-refractivity contribution in [1.29, 1.82) is 0 Å². The van der Waals surface area contributed by atoms with Crippen LogP contribution in [0.3, 0.4) is 0 Å². The van der Waals surface area contributed by atoms with Crippen molar-refractivity contribution >= 4 is 27.0 Å². The van der Waals surface area contributed by atoms with Gasteiger partial charge in [0.2, 0.25) is 0 Å². The molecule has 1 heterocycles. The molecular formula is C8H8ClF3N2OS. The molecule has 0 aliphatic rings. The lowest BCUT2D eigenvalue weighted by atomic mass is 10.2. The highest BCUT2D eigenvalue weighted by Gasteiger charge is 2.31. The summed E-state index contributed by atoms with van der Waals surface area (Å²) < 4.78 is 51.9. The average molecular weight is 273 g/mol. The van der Waals surface area contributed by atoms with E-state index in [1.54, 1.807) is 0 Å². The molecule has 0 unspecified atom stereocenters. The van der Waals surface area contributed by atoms with Gasteiger partial charge in [-0.25, -0.2) is 9.19 Å². The molecule has 0 saturated heterocycles. The van der Waals surface area contributed by atoms with Gasteiger partial charge in [0.15, 0.2) is 5.15 Å². The van der Waals surface area contributed by atoms with Gasteiger partial charge in [-0.1, -0.05) is 11.6 Å². The molecule has 0 aromatic carbocycles. The molecular weight excluding hydrogens is 265 g/mol. The van der Waals surface area contributed by atoms with Gasteiger partial charge in [0.05, 0.1) is 5.56 Å². The lowest BCUT2D eigenvalue weighted by molar-refractivity contribution is -0.137. The molecule has 1 rings (SSSR count). The second-order valence-electron chi connectivity index (χ2n) is 3.30. The third-order valence-electron chi connectivity index (χ3n) is 1.47. The van der Waals surface area contributed by atoms with Crippen molar-refractivity contribution in [3.8, 4) is 0 Å². The minimum atomic E-state index is -4.52. The summed E-state index contributed by atoms with van der Waals surface area (Å²) in [7, 11) is -2.58. The molecule has 16 heavy (non-hydrogen) atoms. The van der Waals surface area contributed by atoms with Crippen molar-refractivity contribution in [2.75, 3.05) is 12.5 Å². The predicted molar refractivity (Wildman–Crippen MR) is 56.3 cm³/mol. The second kappa shape index (κ2) is 4.21. The first-order valence-electron chi connectivity index (χ1n) is 3.99. The van der Waals surface area contributed by atoms with E-state index in [0.29, 0.717) is 6.20 Å². The van der Waals surface area contributed by atoms with E-state index in [4.69, 9.17) is 11.6 Å². The first-order valence-corrected chi connectivity index (χ1v) is 6.70. The van der Waals surface area contributed by atoms with Crippen LogP contribution < -0.4 is 0 Å². The van der Waals surface area contributed by atoms with Gasteiger partial charge in [0, 0.05) is 28.4 Å². The highest BCUT2D eigenvalue weighted by molar-refractivity contribution is 7.92. The zero-order valence-electron chi connectivity index (χ0n) is 8.38. The Kier molecular flexibility index (Phi) is 3.49. The van der Waals surface area contributed by atoms with Crippen molar-refractivity contribution in [1.82, 2.24) is 4.98 Å². The molecule has 1 aromatic rings. The van der Waals surface area contributed by atoms with Gasteiger partial charge in [0.25, 0.3) is 0 Å². The number of nitrogens with zero attached hydrogens (tertiary/aromatic N) is 2. The molecule has 1 aromatic heterocycles. The van der Waals surface area contributed by atoms with E-state index in [0.717, 1.165) is 6.07 Å². The third kappa shape index (κ3) is 3.64. The Hall–Kier alpha value is -0.820. The molecule has 0 radical (unpaired) electrons. The molecule has 0 spiro atoms. The van der Waals surface area contributed by atoms with Crippen molar-refractivity contribution in [3.05, 3.63) is 23.0 Å². The normalized spacial score (nSPS) is 12.6. The minimum Gasteiger partial charge on any atom is -0.250 e. The summed E-state index contributed by atoms with van der Waals surface area (Å²) in [4.78, 5) is 3.36. The molecule has 0 bridgehead atoms. The van der Waals surface area contributed by atoms with Crippen LogP contribution in [-0.2, 0) is 15.9 Å². The van der Waals surface area contributed by atoms with Crippen LogP contribution in [0.15, 0.2) is 16.6 Å². The Morgan fingerprint density at radius 3 is 2.44 bits per heavy atom. The molecule has 90 valence electrons. The molecule has 0 saturated carbocycles. The van der Waals surface area contributed by atoms with Gasteiger partial charge in [-0.15, -0.1) is 0 Å². The van der Waals surface area contributed by atoms with Crippen LogP contribution in [0.5, 0.6) is 0 Å². The Labute approximate surface area is 95.8 Å². The molecule has 0 amide bonds. The number of alkyl halides is 3. The van der Waals surface area contributed by atoms with Gasteiger partial charge >= 0.3 is 6.18 Å². The van der Waals surface area contributed by atoms with E-state index < -0.39 is 21.5 Å². The summed E-state index contributed by atoms with van der Waals surface area (Å²) in [5.41, 5.74) is -1.19. The standard InChI is InChI=1S/C8H8ClF3N2OS/c1-16(2,15)14-6-3-5(8(10,11)12)4-13-7(6)9/h3-4H,1-2H3. The molecule has 0 N–H and O–H groups in total. The largest absolute Gasteiger partial charge is 0.417 e. The van der Waals surface area contributed by atoms with Crippen LogP contribution in [0.4, 0.5) is 18.9 Å². The van der Waals surface area contributed by atoms with Crippen LogP contribution >= 0.6 is 11.6 Å². The van der Waals surface area contributed by atoms with E-state index in [9.17, 15) is 17.4 Å². The molecule has 0 aliphatic heterocycles. The van der Waals surface area contributed by atoms with Crippen molar-refractivity contribution in [3.63, 3.8) is 0 Å². The fourth-order valence-corrected chi connectivity index (χ4v) is 1.70. The van der Waals surface area contributed by atoms with Crippen LogP contribution in [0.25, 0.3) is 0 Å². The second-order valence-corrected chi connectivity index (χ2v) is 6.21. The zero-order valence-corrected chi connectivity index (χ0v) is 9.95. The molecule has 0 fully saturated rings. The first kappa shape index (κ1) is 13.2. The number of hydrogen-bond acceptors (Lipinski definition) is 3. The summed E-state index contributed by atoms with van der Waals surface area (Å²) in [5.74, 6) is 0. The van der Waals surface area contributed by atoms with Crippen LogP contribution in [-0.4, -0.2) is 21.7 Å². The average Bonchev–Trinajstić information content (AvgIpc) is 2.04. The Morgan fingerprint density at radius 1 is 1.44 bits per heavy atom. The van der Waals surface area contributed by atoms with Gasteiger partial charge in [-0.2, -0.15) is 17.5 Å². The fourth-order valence-electron chi connectivity index (χ4n) is 0.892. The lowest BCUT2D eigenvalue weighted by Gasteiger charge is -2.07. The number of pyridine rings is 1. The lowest BCUT2D eigenvalue weighted by Crippen LogP contribution is -2.05. The quantitative estimate of drug-likeness (QED) is 0.737. The molecule has 8 heteroatoms. The Bertz CT molecular complexity index is 513. The summed E-state index contributed by atoms with van der Waals surface area (Å²) >= 11 is 5.55. The third-order valence-corrected chi connectivity index (χ3v) is 2.39. The SMILES string of the molecule is CS(C)(=O)=Nc1cc(C(F)(F)F)cnc1Cl. The Morgan fingerprint density at radius 2 is 2.00 bits per heavy atom. The van der Waals surface area contributed by atoms with E-state index in [2.05, 4.69) is 9.35 Å². The predicted octanol–water partition coefficient (Wildman–Crippen LogP) is 3.11. The fraction of sp³-hybridized carbons (Fsp3) is 0.375. The van der Waals surface area contributed by atoms with Crippen LogP contribution in [0, 0.1) is 0 Å². The van der Waals surface area contributed by atoms with Crippen LogP contribution in [0.2, 0.25) is 5.15 Å². The van der Waals surface area contributed by atoms with Gasteiger partial charge in [0.1, 0.15) is 5.69 Å². The highest BCUT2D eigenvalue weighted by atomic mass is 35.5.